The van der Waals surface area contributed by atoms with E-state index in [0.29, 0.717) is 13.0 Å². The van der Waals surface area contributed by atoms with Crippen LogP contribution in [0.5, 0.6) is 0 Å². The van der Waals surface area contributed by atoms with Crippen molar-refractivity contribution in [1.29, 1.82) is 0 Å². The average molecular weight is 266 g/mol. The Labute approximate surface area is 116 Å². The second kappa shape index (κ2) is 8.27. The fourth-order valence-electron chi connectivity index (χ4n) is 2.10. The molecular weight excluding hydrogens is 240 g/mol. The van der Waals surface area contributed by atoms with Crippen LogP contribution in [0.25, 0.3) is 0 Å². The number of hydrogen-bond donors (Lipinski definition) is 2. The number of hydrogen-bond acceptors (Lipinski definition) is 4. The van der Waals surface area contributed by atoms with Crippen molar-refractivity contribution in [2.24, 2.45) is 5.73 Å². The zero-order chi connectivity index (χ0) is 14.1. The molecule has 0 aliphatic carbocycles. The predicted molar refractivity (Wildman–Crippen MR) is 78.0 cm³/mol. The van der Waals surface area contributed by atoms with Gasteiger partial charge in [0.1, 0.15) is 5.60 Å². The van der Waals surface area contributed by atoms with E-state index in [4.69, 9.17) is 10.5 Å². The van der Waals surface area contributed by atoms with Gasteiger partial charge in [0.15, 0.2) is 0 Å². The van der Waals surface area contributed by atoms with Crippen LogP contribution in [-0.4, -0.2) is 49.9 Å². The smallest absolute Gasteiger partial charge is 0.103 e. The van der Waals surface area contributed by atoms with E-state index in [-0.39, 0.29) is 6.54 Å². The van der Waals surface area contributed by atoms with Crippen LogP contribution in [-0.2, 0) is 10.3 Å². The lowest BCUT2D eigenvalue weighted by Gasteiger charge is -2.30. The van der Waals surface area contributed by atoms with Crippen molar-refractivity contribution in [2.45, 2.75) is 18.9 Å². The predicted octanol–water partition coefficient (Wildman–Crippen LogP) is 1.19. The lowest BCUT2D eigenvalue weighted by Crippen LogP contribution is -2.39. The number of likely N-dealkylation sites (N-methyl/N-ethyl adjacent to an activating group) is 1. The number of rotatable bonds is 9. The van der Waals surface area contributed by atoms with Crippen molar-refractivity contribution < 1.29 is 9.84 Å². The topological polar surface area (TPSA) is 58.7 Å². The van der Waals surface area contributed by atoms with Gasteiger partial charge < -0.3 is 20.5 Å². The molecule has 0 aromatic heterocycles. The van der Waals surface area contributed by atoms with Gasteiger partial charge in [-0.1, -0.05) is 37.3 Å². The van der Waals surface area contributed by atoms with E-state index in [1.807, 2.05) is 30.3 Å². The molecule has 4 heteroatoms. The highest BCUT2D eigenvalue weighted by Crippen LogP contribution is 2.23. The third kappa shape index (κ3) is 4.91. The normalized spacial score (nSPS) is 14.6. The minimum Gasteiger partial charge on any atom is -0.384 e. The van der Waals surface area contributed by atoms with Crippen LogP contribution < -0.4 is 5.73 Å². The second-order valence-electron chi connectivity index (χ2n) is 4.78. The highest BCUT2D eigenvalue weighted by atomic mass is 16.5. The third-order valence-corrected chi connectivity index (χ3v) is 3.55. The zero-order valence-corrected chi connectivity index (χ0v) is 12.0. The maximum atomic E-state index is 10.7. The van der Waals surface area contributed by atoms with Gasteiger partial charge in [-0.2, -0.15) is 0 Å². The van der Waals surface area contributed by atoms with Gasteiger partial charge in [-0.25, -0.2) is 0 Å². The van der Waals surface area contributed by atoms with Gasteiger partial charge in [0.25, 0.3) is 0 Å². The van der Waals surface area contributed by atoms with E-state index >= 15 is 0 Å². The number of nitrogens with two attached hydrogens (primary N) is 1. The Morgan fingerprint density at radius 2 is 1.95 bits per heavy atom. The summed E-state index contributed by atoms with van der Waals surface area (Å²) in [6, 6.07) is 9.66. The maximum absolute atomic E-state index is 10.7. The van der Waals surface area contributed by atoms with Gasteiger partial charge in [0, 0.05) is 26.7 Å². The van der Waals surface area contributed by atoms with Crippen molar-refractivity contribution in [3.05, 3.63) is 35.9 Å². The van der Waals surface area contributed by atoms with Gasteiger partial charge in [-0.05, 0) is 18.5 Å². The third-order valence-electron chi connectivity index (χ3n) is 3.55. The van der Waals surface area contributed by atoms with Crippen molar-refractivity contribution in [3.8, 4) is 0 Å². The van der Waals surface area contributed by atoms with E-state index in [9.17, 15) is 5.11 Å². The molecule has 108 valence electrons. The highest BCUT2D eigenvalue weighted by molar-refractivity contribution is 5.22. The summed E-state index contributed by atoms with van der Waals surface area (Å²) < 4.78 is 5.09. The van der Waals surface area contributed by atoms with Crippen molar-refractivity contribution in [2.75, 3.05) is 39.9 Å². The Balaban J connectivity index is 2.61. The summed E-state index contributed by atoms with van der Waals surface area (Å²) in [7, 11) is 1.70. The van der Waals surface area contributed by atoms with E-state index in [1.165, 1.54) is 0 Å². The molecule has 0 saturated heterocycles. The molecule has 0 spiro atoms. The SMILES string of the molecule is CCN(CCOC)CCC(O)(CN)c1ccccc1. The monoisotopic (exact) mass is 266 g/mol. The molecule has 3 N–H and O–H groups in total. The summed E-state index contributed by atoms with van der Waals surface area (Å²) >= 11 is 0. The molecule has 19 heavy (non-hydrogen) atoms. The summed E-state index contributed by atoms with van der Waals surface area (Å²) in [5, 5.41) is 10.7. The number of aliphatic hydroxyl groups is 1. The fourth-order valence-corrected chi connectivity index (χ4v) is 2.10. The van der Waals surface area contributed by atoms with Gasteiger partial charge in [0.05, 0.1) is 6.61 Å². The Morgan fingerprint density at radius 3 is 2.47 bits per heavy atom. The molecule has 0 bridgehead atoms. The van der Waals surface area contributed by atoms with E-state index in [0.717, 1.165) is 25.2 Å². The second-order valence-corrected chi connectivity index (χ2v) is 4.78. The zero-order valence-electron chi connectivity index (χ0n) is 12.0. The van der Waals surface area contributed by atoms with E-state index in [2.05, 4.69) is 11.8 Å². The molecule has 0 fully saturated rings. The minimum atomic E-state index is -0.943. The minimum absolute atomic E-state index is 0.235. The summed E-state index contributed by atoms with van der Waals surface area (Å²) in [4.78, 5) is 2.26. The standard InChI is InChI=1S/C15H26N2O2/c1-3-17(11-12-19-2)10-9-15(18,13-16)14-7-5-4-6-8-14/h4-8,18H,3,9-13,16H2,1-2H3. The molecule has 0 radical (unpaired) electrons. The van der Waals surface area contributed by atoms with Gasteiger partial charge in [-0.15, -0.1) is 0 Å². The molecule has 0 aliphatic rings. The first-order valence-corrected chi connectivity index (χ1v) is 6.85. The van der Waals surface area contributed by atoms with Crippen molar-refractivity contribution in [1.82, 2.24) is 4.90 Å². The molecule has 1 aromatic rings. The first kappa shape index (κ1) is 16.1. The average Bonchev–Trinajstić information content (AvgIpc) is 2.48. The number of benzene rings is 1. The molecule has 1 atom stereocenters. The van der Waals surface area contributed by atoms with E-state index < -0.39 is 5.60 Å². The van der Waals surface area contributed by atoms with Gasteiger partial charge >= 0.3 is 0 Å². The Bertz CT molecular complexity index is 345. The quantitative estimate of drug-likeness (QED) is 0.705. The van der Waals surface area contributed by atoms with Crippen LogP contribution in [0.4, 0.5) is 0 Å². The van der Waals surface area contributed by atoms with Gasteiger partial charge in [0.2, 0.25) is 0 Å². The van der Waals surface area contributed by atoms with Crippen molar-refractivity contribution in [3.63, 3.8) is 0 Å². The molecule has 1 aromatic carbocycles. The number of ether oxygens (including phenoxy) is 1. The van der Waals surface area contributed by atoms with Gasteiger partial charge in [-0.3, -0.25) is 0 Å². The first-order chi connectivity index (χ1) is 9.16. The van der Waals surface area contributed by atoms with Crippen LogP contribution in [0.1, 0.15) is 18.9 Å². The summed E-state index contributed by atoms with van der Waals surface area (Å²) in [5.74, 6) is 0. The van der Waals surface area contributed by atoms with Crippen LogP contribution in [0.2, 0.25) is 0 Å². The first-order valence-electron chi connectivity index (χ1n) is 6.85. The summed E-state index contributed by atoms with van der Waals surface area (Å²) in [5.41, 5.74) is 5.72. The maximum Gasteiger partial charge on any atom is 0.103 e. The molecule has 0 heterocycles. The number of methoxy groups -OCH3 is 1. The van der Waals surface area contributed by atoms with Crippen molar-refractivity contribution >= 4 is 0 Å². The highest BCUT2D eigenvalue weighted by Gasteiger charge is 2.27. The molecule has 0 amide bonds. The van der Waals surface area contributed by atoms with E-state index in [1.54, 1.807) is 7.11 Å². The largest absolute Gasteiger partial charge is 0.384 e. The van der Waals surface area contributed by atoms with Crippen LogP contribution in [0.15, 0.2) is 30.3 Å². The Kier molecular flexibility index (Phi) is 7.02. The molecule has 0 saturated carbocycles. The molecule has 1 unspecified atom stereocenters. The Hall–Kier alpha value is -0.940. The summed E-state index contributed by atoms with van der Waals surface area (Å²) in [6.45, 7) is 5.68. The molecule has 0 aliphatic heterocycles. The molecule has 4 nitrogen and oxygen atoms in total. The van der Waals surface area contributed by atoms with Crippen LogP contribution in [0.3, 0.4) is 0 Å². The molecular formula is C15H26N2O2. The lowest BCUT2D eigenvalue weighted by molar-refractivity contribution is 0.0236. The lowest BCUT2D eigenvalue weighted by atomic mass is 9.90. The Morgan fingerprint density at radius 1 is 1.26 bits per heavy atom. The fraction of sp³-hybridized carbons (Fsp3) is 0.600. The molecule has 1 rings (SSSR count). The number of nitrogens with zero attached hydrogens (tertiary/aromatic N) is 1. The van der Waals surface area contributed by atoms with Crippen LogP contribution in [0, 0.1) is 0 Å². The van der Waals surface area contributed by atoms with Crippen LogP contribution >= 0.6 is 0 Å². The summed E-state index contributed by atoms with van der Waals surface area (Å²) in [6.07, 6.45) is 0.630.